The van der Waals surface area contributed by atoms with Gasteiger partial charge in [0, 0.05) is 15.8 Å². The Morgan fingerprint density at radius 3 is 2.43 bits per heavy atom. The third-order valence-corrected chi connectivity index (χ3v) is 7.11. The molecular weight excluding hydrogens is 419 g/mol. The lowest BCUT2D eigenvalue weighted by Gasteiger charge is -2.31. The molecule has 2 aromatic heterocycles. The average Bonchev–Trinajstić information content (AvgIpc) is 3.50. The summed E-state index contributed by atoms with van der Waals surface area (Å²) in [5.74, 6) is -1.08. The van der Waals surface area contributed by atoms with Gasteiger partial charge in [0.05, 0.1) is 12.1 Å². The van der Waals surface area contributed by atoms with Gasteiger partial charge in [0.25, 0.3) is 0 Å². The Bertz CT molecular complexity index is 983. The maximum Gasteiger partial charge on any atom is 0.248 e. The van der Waals surface area contributed by atoms with Crippen LogP contribution in [0.4, 0.5) is 10.1 Å². The molecule has 0 bridgehead atoms. The number of thiophene rings is 2. The van der Waals surface area contributed by atoms with Crippen LogP contribution < -0.4 is 10.2 Å². The Morgan fingerprint density at radius 2 is 1.77 bits per heavy atom. The van der Waals surface area contributed by atoms with Crippen molar-refractivity contribution in [1.82, 2.24) is 5.32 Å². The lowest BCUT2D eigenvalue weighted by molar-refractivity contribution is -0.126. The van der Waals surface area contributed by atoms with Gasteiger partial charge in [0.15, 0.2) is 0 Å². The van der Waals surface area contributed by atoms with Gasteiger partial charge in [-0.15, -0.1) is 22.7 Å². The van der Waals surface area contributed by atoms with Crippen molar-refractivity contribution in [2.45, 2.75) is 44.2 Å². The highest BCUT2D eigenvalue weighted by molar-refractivity contribution is 7.10. The zero-order chi connectivity index (χ0) is 20.9. The molecule has 0 spiro atoms. The summed E-state index contributed by atoms with van der Waals surface area (Å²) in [4.78, 5) is 29.8. The maximum absolute atomic E-state index is 14.8. The predicted octanol–water partition coefficient (Wildman–Crippen LogP) is 5.32. The van der Waals surface area contributed by atoms with Gasteiger partial charge >= 0.3 is 0 Å². The van der Waals surface area contributed by atoms with Crippen molar-refractivity contribution in [3.05, 3.63) is 74.9 Å². The van der Waals surface area contributed by atoms with Crippen molar-refractivity contribution in [2.24, 2.45) is 0 Å². The van der Waals surface area contributed by atoms with E-state index >= 15 is 0 Å². The molecule has 30 heavy (non-hydrogen) atoms. The minimum atomic E-state index is -0.907. The number of nitrogens with one attached hydrogen (secondary N) is 1. The fourth-order valence-corrected chi connectivity index (χ4v) is 5.39. The number of carbonyl (C=O) groups is 2. The van der Waals surface area contributed by atoms with E-state index in [1.54, 1.807) is 18.2 Å². The fourth-order valence-electron chi connectivity index (χ4n) is 3.88. The standard InChI is InChI=1S/C23H23FN2O2S2/c24-18-10-3-4-11-19(18)26(21(27)15-17-9-5-13-29-17)22(20-12-6-14-30-20)23(28)25-16-7-1-2-8-16/h3-6,9-14,16,22H,1-2,7-8,15H2,(H,25,28). The highest BCUT2D eigenvalue weighted by Gasteiger charge is 2.36. The molecule has 3 aromatic rings. The van der Waals surface area contributed by atoms with Crippen LogP contribution in [0.5, 0.6) is 0 Å². The molecule has 1 N–H and O–H groups in total. The fraction of sp³-hybridized carbons (Fsp3) is 0.304. The smallest absolute Gasteiger partial charge is 0.248 e. The first-order valence-corrected chi connectivity index (χ1v) is 11.8. The summed E-state index contributed by atoms with van der Waals surface area (Å²) in [6.07, 6.45) is 4.16. The van der Waals surface area contributed by atoms with Gasteiger partial charge in [0.2, 0.25) is 11.8 Å². The SMILES string of the molecule is O=C(NC1CCCC1)C(c1cccs1)N(C(=O)Cc1cccs1)c1ccccc1F. The monoisotopic (exact) mass is 442 g/mol. The summed E-state index contributed by atoms with van der Waals surface area (Å²) in [7, 11) is 0. The second-order valence-electron chi connectivity index (χ2n) is 7.38. The van der Waals surface area contributed by atoms with Crippen LogP contribution in [0.15, 0.2) is 59.3 Å². The van der Waals surface area contributed by atoms with Crippen LogP contribution in [-0.4, -0.2) is 17.9 Å². The van der Waals surface area contributed by atoms with Crippen molar-refractivity contribution in [1.29, 1.82) is 0 Å². The molecule has 0 radical (unpaired) electrons. The highest BCUT2D eigenvalue weighted by Crippen LogP contribution is 2.33. The quantitative estimate of drug-likeness (QED) is 0.538. The first-order chi connectivity index (χ1) is 14.6. The van der Waals surface area contributed by atoms with Gasteiger partial charge in [-0.3, -0.25) is 14.5 Å². The van der Waals surface area contributed by atoms with E-state index in [2.05, 4.69) is 5.32 Å². The number of nitrogens with zero attached hydrogens (tertiary/aromatic N) is 1. The van der Waals surface area contributed by atoms with Crippen molar-refractivity contribution in [2.75, 3.05) is 4.90 Å². The van der Waals surface area contributed by atoms with Crippen LogP contribution in [0.3, 0.4) is 0 Å². The van der Waals surface area contributed by atoms with E-state index in [-0.39, 0.29) is 30.0 Å². The number of hydrogen-bond acceptors (Lipinski definition) is 4. The first kappa shape index (κ1) is 20.8. The van der Waals surface area contributed by atoms with Crippen LogP contribution in [0.2, 0.25) is 0 Å². The van der Waals surface area contributed by atoms with E-state index in [1.165, 1.54) is 33.6 Å². The van der Waals surface area contributed by atoms with E-state index in [4.69, 9.17) is 0 Å². The molecule has 4 rings (SSSR count). The molecule has 1 unspecified atom stereocenters. The van der Waals surface area contributed by atoms with Crippen molar-refractivity contribution < 1.29 is 14.0 Å². The van der Waals surface area contributed by atoms with Gasteiger partial charge in [0.1, 0.15) is 11.9 Å². The van der Waals surface area contributed by atoms with Crippen molar-refractivity contribution in [3.63, 3.8) is 0 Å². The number of hydrogen-bond donors (Lipinski definition) is 1. The molecule has 0 saturated heterocycles. The van der Waals surface area contributed by atoms with Gasteiger partial charge < -0.3 is 5.32 Å². The molecule has 1 aliphatic rings. The first-order valence-electron chi connectivity index (χ1n) is 10.1. The molecule has 1 fully saturated rings. The minimum Gasteiger partial charge on any atom is -0.351 e. The topological polar surface area (TPSA) is 49.4 Å². The van der Waals surface area contributed by atoms with E-state index < -0.39 is 11.9 Å². The van der Waals surface area contributed by atoms with Crippen LogP contribution in [0.25, 0.3) is 0 Å². The average molecular weight is 443 g/mol. The molecular formula is C23H23FN2O2S2. The Hall–Kier alpha value is -2.51. The summed E-state index contributed by atoms with van der Waals surface area (Å²) in [5, 5.41) is 6.88. The summed E-state index contributed by atoms with van der Waals surface area (Å²) in [6.45, 7) is 0. The molecule has 4 nitrogen and oxygen atoms in total. The molecule has 0 aliphatic heterocycles. The molecule has 1 saturated carbocycles. The van der Waals surface area contributed by atoms with Crippen LogP contribution in [0, 0.1) is 5.82 Å². The summed E-state index contributed by atoms with van der Waals surface area (Å²) >= 11 is 2.87. The van der Waals surface area contributed by atoms with Gasteiger partial charge in [-0.05, 0) is 47.9 Å². The lowest BCUT2D eigenvalue weighted by Crippen LogP contribution is -2.46. The largest absolute Gasteiger partial charge is 0.351 e. The van der Waals surface area contributed by atoms with E-state index in [9.17, 15) is 14.0 Å². The summed E-state index contributed by atoms with van der Waals surface area (Å²) < 4.78 is 14.8. The van der Waals surface area contributed by atoms with Gasteiger partial charge in [-0.25, -0.2) is 4.39 Å². The minimum absolute atomic E-state index is 0.106. The lowest BCUT2D eigenvalue weighted by atomic mass is 10.1. The van der Waals surface area contributed by atoms with Crippen molar-refractivity contribution >= 4 is 40.2 Å². The van der Waals surface area contributed by atoms with Gasteiger partial charge in [-0.1, -0.05) is 37.1 Å². The second kappa shape index (κ2) is 9.53. The predicted molar refractivity (Wildman–Crippen MR) is 119 cm³/mol. The van der Waals surface area contributed by atoms with E-state index in [0.717, 1.165) is 30.6 Å². The second-order valence-corrected chi connectivity index (χ2v) is 9.39. The van der Waals surface area contributed by atoms with E-state index in [1.807, 2.05) is 35.0 Å². The number of amides is 2. The Labute approximate surface area is 183 Å². The molecule has 1 aliphatic carbocycles. The number of carbonyl (C=O) groups excluding carboxylic acids is 2. The number of halogens is 1. The van der Waals surface area contributed by atoms with Crippen LogP contribution >= 0.6 is 22.7 Å². The Balaban J connectivity index is 1.73. The highest BCUT2D eigenvalue weighted by atomic mass is 32.1. The molecule has 1 atom stereocenters. The normalized spacial score (nSPS) is 15.1. The number of para-hydroxylation sites is 1. The summed E-state index contributed by atoms with van der Waals surface area (Å²) in [6, 6.07) is 12.8. The zero-order valence-electron chi connectivity index (χ0n) is 16.4. The molecule has 7 heteroatoms. The zero-order valence-corrected chi connectivity index (χ0v) is 18.1. The third-order valence-electron chi connectivity index (χ3n) is 5.31. The molecule has 2 amide bonds. The van der Waals surface area contributed by atoms with E-state index in [0.29, 0.717) is 4.88 Å². The third kappa shape index (κ3) is 4.63. The van der Waals surface area contributed by atoms with Crippen molar-refractivity contribution in [3.8, 4) is 0 Å². The molecule has 1 aromatic carbocycles. The van der Waals surface area contributed by atoms with Crippen LogP contribution in [0.1, 0.15) is 41.5 Å². The van der Waals surface area contributed by atoms with Crippen LogP contribution in [-0.2, 0) is 16.0 Å². The number of anilines is 1. The molecule has 156 valence electrons. The Morgan fingerprint density at radius 1 is 1.03 bits per heavy atom. The van der Waals surface area contributed by atoms with Gasteiger partial charge in [-0.2, -0.15) is 0 Å². The summed E-state index contributed by atoms with van der Waals surface area (Å²) in [5.41, 5.74) is 0.124. The maximum atomic E-state index is 14.8. The molecule has 2 heterocycles. The number of benzene rings is 1. The Kier molecular flexibility index (Phi) is 6.59. The number of rotatable bonds is 7.